The molecule has 0 aliphatic carbocycles. The van der Waals surface area contributed by atoms with Gasteiger partial charge >= 0.3 is 0 Å². The summed E-state index contributed by atoms with van der Waals surface area (Å²) in [6, 6.07) is 2.16. The molecule has 0 radical (unpaired) electrons. The number of fused-ring (bicyclic) bond motifs is 1. The van der Waals surface area contributed by atoms with Crippen molar-refractivity contribution in [3.63, 3.8) is 0 Å². The van der Waals surface area contributed by atoms with Crippen LogP contribution in [0.3, 0.4) is 0 Å². The van der Waals surface area contributed by atoms with Gasteiger partial charge in [0.2, 0.25) is 0 Å². The van der Waals surface area contributed by atoms with Crippen LogP contribution in [0.2, 0.25) is 0 Å². The van der Waals surface area contributed by atoms with Gasteiger partial charge in [-0.3, -0.25) is 0 Å². The molecule has 0 atom stereocenters. The first-order chi connectivity index (χ1) is 4.79. The summed E-state index contributed by atoms with van der Waals surface area (Å²) in [6.45, 7) is 0. The van der Waals surface area contributed by atoms with Crippen molar-refractivity contribution in [3.8, 4) is 0 Å². The molecule has 2 heterocycles. The number of halogens is 2. The van der Waals surface area contributed by atoms with Gasteiger partial charge in [0.25, 0.3) is 0 Å². The summed E-state index contributed by atoms with van der Waals surface area (Å²) < 4.78 is 5.39. The maximum atomic E-state index is 3.54. The zero-order valence-electron chi connectivity index (χ0n) is 4.73. The van der Waals surface area contributed by atoms with Crippen LogP contribution in [0.1, 0.15) is 0 Å². The minimum absolute atomic E-state index is 1.27. The average molecular weight is 345 g/mol. The number of thiophene rings is 2. The normalized spacial score (nSPS) is 11.0. The molecule has 52 valence electrons. The highest BCUT2D eigenvalue weighted by Gasteiger charge is 2.06. The van der Waals surface area contributed by atoms with Crippen LogP contribution in [-0.2, 0) is 0 Å². The lowest BCUT2D eigenvalue weighted by Gasteiger charge is -1.79. The molecule has 2 aromatic heterocycles. The Morgan fingerprint density at radius 2 is 2.30 bits per heavy atom. The highest BCUT2D eigenvalue weighted by molar-refractivity contribution is 14.1. The largest absolute Gasteiger partial charge is 0.142 e. The van der Waals surface area contributed by atoms with Crippen LogP contribution in [0.25, 0.3) is 9.40 Å². The molecule has 0 spiro atoms. The molecule has 2 aromatic rings. The summed E-state index contributed by atoms with van der Waals surface area (Å²) in [5.74, 6) is 0. The van der Waals surface area contributed by atoms with Gasteiger partial charge in [0.15, 0.2) is 0 Å². The Morgan fingerprint density at radius 3 is 3.00 bits per heavy atom. The van der Waals surface area contributed by atoms with Crippen LogP contribution in [0.15, 0.2) is 15.9 Å². The van der Waals surface area contributed by atoms with E-state index in [-0.39, 0.29) is 0 Å². The Kier molecular flexibility index (Phi) is 2.05. The van der Waals surface area contributed by atoms with Gasteiger partial charge in [-0.25, -0.2) is 0 Å². The molecule has 0 nitrogen and oxygen atoms in total. The third kappa shape index (κ3) is 1.05. The van der Waals surface area contributed by atoms with Gasteiger partial charge in [0.1, 0.15) is 0 Å². The first kappa shape index (κ1) is 7.52. The van der Waals surface area contributed by atoms with Gasteiger partial charge in [0.05, 0.1) is 12.1 Å². The lowest BCUT2D eigenvalue weighted by molar-refractivity contribution is 1.98. The molecule has 0 saturated heterocycles. The Bertz CT molecular complexity index is 363. The van der Waals surface area contributed by atoms with Crippen LogP contribution < -0.4 is 0 Å². The van der Waals surface area contributed by atoms with E-state index in [2.05, 4.69) is 50.0 Å². The quantitative estimate of drug-likeness (QED) is 0.624. The number of rotatable bonds is 0. The lowest BCUT2D eigenvalue weighted by Crippen LogP contribution is -1.53. The first-order valence-corrected chi connectivity index (χ1v) is 6.17. The number of hydrogen-bond donors (Lipinski definition) is 0. The smallest absolute Gasteiger partial charge is 0.0816 e. The Hall–Kier alpha value is 0.870. The molecule has 0 saturated carbocycles. The van der Waals surface area contributed by atoms with E-state index in [1.807, 2.05) is 11.3 Å². The van der Waals surface area contributed by atoms with E-state index in [0.29, 0.717) is 0 Å². The topological polar surface area (TPSA) is 0 Å². The van der Waals surface area contributed by atoms with Crippen LogP contribution in [0, 0.1) is 2.88 Å². The van der Waals surface area contributed by atoms with Gasteiger partial charge in [-0.05, 0) is 50.0 Å². The predicted molar refractivity (Wildman–Crippen MR) is 60.1 cm³/mol. The van der Waals surface area contributed by atoms with Crippen molar-refractivity contribution in [1.29, 1.82) is 0 Å². The minimum Gasteiger partial charge on any atom is -0.142 e. The van der Waals surface area contributed by atoms with Gasteiger partial charge in [-0.1, -0.05) is 0 Å². The van der Waals surface area contributed by atoms with E-state index in [0.717, 1.165) is 0 Å². The highest BCUT2D eigenvalue weighted by Crippen LogP contribution is 2.39. The second-order valence-corrected chi connectivity index (χ2v) is 6.38. The number of hydrogen-bond acceptors (Lipinski definition) is 2. The fraction of sp³-hybridized carbons (Fsp3) is 0. The molecule has 0 N–H and O–H groups in total. The second kappa shape index (κ2) is 2.73. The van der Waals surface area contributed by atoms with E-state index in [1.165, 1.54) is 16.8 Å². The molecule has 10 heavy (non-hydrogen) atoms. The van der Waals surface area contributed by atoms with Crippen molar-refractivity contribution in [2.45, 2.75) is 0 Å². The molecule has 2 rings (SSSR count). The summed E-state index contributed by atoms with van der Waals surface area (Å²) in [6.07, 6.45) is 0. The van der Waals surface area contributed by atoms with Gasteiger partial charge in [-0.2, -0.15) is 0 Å². The van der Waals surface area contributed by atoms with Crippen molar-refractivity contribution in [2.24, 2.45) is 0 Å². The van der Waals surface area contributed by atoms with Crippen LogP contribution in [-0.4, -0.2) is 0 Å². The molecule has 0 aliphatic heterocycles. The standard InChI is InChI=1S/C6H2BrIS2/c7-4-5-3(1-2-9-5)10-6(4)8/h1-2H. The molecular weight excluding hydrogens is 343 g/mol. The lowest BCUT2D eigenvalue weighted by atomic mass is 10.5. The van der Waals surface area contributed by atoms with Gasteiger partial charge < -0.3 is 0 Å². The van der Waals surface area contributed by atoms with Crippen LogP contribution >= 0.6 is 61.2 Å². The zero-order valence-corrected chi connectivity index (χ0v) is 10.1. The summed E-state index contributed by atoms with van der Waals surface area (Å²) in [5.41, 5.74) is 0. The Labute approximate surface area is 88.5 Å². The molecular formula is C6H2BrIS2. The fourth-order valence-electron chi connectivity index (χ4n) is 0.768. The van der Waals surface area contributed by atoms with Gasteiger partial charge in [-0.15, -0.1) is 22.7 Å². The van der Waals surface area contributed by atoms with Crippen molar-refractivity contribution >= 4 is 70.6 Å². The molecule has 0 bridgehead atoms. The van der Waals surface area contributed by atoms with E-state index in [4.69, 9.17) is 0 Å². The first-order valence-electron chi connectivity index (χ1n) is 2.60. The molecule has 0 aliphatic rings. The molecule has 0 unspecified atom stereocenters. The Balaban J connectivity index is 2.95. The average Bonchev–Trinajstić information content (AvgIpc) is 2.41. The van der Waals surface area contributed by atoms with Crippen molar-refractivity contribution in [3.05, 3.63) is 18.8 Å². The molecule has 0 fully saturated rings. The van der Waals surface area contributed by atoms with Crippen molar-refractivity contribution in [2.75, 3.05) is 0 Å². The van der Waals surface area contributed by atoms with Crippen LogP contribution in [0.4, 0.5) is 0 Å². The zero-order chi connectivity index (χ0) is 7.14. The molecule has 4 heteroatoms. The van der Waals surface area contributed by atoms with E-state index in [9.17, 15) is 0 Å². The predicted octanol–water partition coefficient (Wildman–Crippen LogP) is 4.33. The molecule has 0 aromatic carbocycles. The summed E-state index contributed by atoms with van der Waals surface area (Å²) in [5, 5.41) is 2.13. The summed E-state index contributed by atoms with van der Waals surface area (Å²) >= 11 is 9.52. The second-order valence-electron chi connectivity index (χ2n) is 1.80. The van der Waals surface area contributed by atoms with E-state index < -0.39 is 0 Å². The van der Waals surface area contributed by atoms with Crippen LogP contribution in [0.5, 0.6) is 0 Å². The molecule has 0 amide bonds. The fourth-order valence-corrected chi connectivity index (χ4v) is 4.67. The summed E-state index contributed by atoms with van der Waals surface area (Å²) in [4.78, 5) is 0. The van der Waals surface area contributed by atoms with Gasteiger partial charge in [0, 0.05) is 4.70 Å². The maximum Gasteiger partial charge on any atom is 0.0816 e. The maximum absolute atomic E-state index is 3.54. The van der Waals surface area contributed by atoms with Crippen molar-refractivity contribution < 1.29 is 0 Å². The summed E-state index contributed by atoms with van der Waals surface area (Å²) in [7, 11) is 0. The minimum atomic E-state index is 1.27. The Morgan fingerprint density at radius 1 is 1.50 bits per heavy atom. The monoisotopic (exact) mass is 344 g/mol. The van der Waals surface area contributed by atoms with E-state index >= 15 is 0 Å². The third-order valence-electron chi connectivity index (χ3n) is 1.20. The highest BCUT2D eigenvalue weighted by atomic mass is 127. The third-order valence-corrected chi connectivity index (χ3v) is 6.46. The SMILES string of the molecule is Brc1c(I)sc2ccsc12. The van der Waals surface area contributed by atoms with Crippen molar-refractivity contribution in [1.82, 2.24) is 0 Å². The van der Waals surface area contributed by atoms with E-state index in [1.54, 1.807) is 11.3 Å².